The van der Waals surface area contributed by atoms with Gasteiger partial charge in [0.05, 0.1) is 31.1 Å². The molecule has 0 aliphatic carbocycles. The number of carboxylic acid groups (broad SMARTS) is 1. The monoisotopic (exact) mass is 415 g/mol. The summed E-state index contributed by atoms with van der Waals surface area (Å²) in [4.78, 5) is 32.6. The highest BCUT2D eigenvalue weighted by molar-refractivity contribution is 6.67. The third kappa shape index (κ3) is 6.81. The standard InChI is InChI=1S/C13H12Cl3NO8/c1-23-9-4-7(12(19)20)8(17(21)22)5-10(9)24-3-2-11(18)25-6-13(14,15)16/h4-5H,2-3,6H2,1H3,(H,19,20). The number of nitro benzene ring substituents is 1. The van der Waals surface area contributed by atoms with E-state index in [1.54, 1.807) is 0 Å². The van der Waals surface area contributed by atoms with Gasteiger partial charge in [-0.15, -0.1) is 0 Å². The fraction of sp³-hybridized carbons (Fsp3) is 0.385. The van der Waals surface area contributed by atoms with Crippen LogP contribution in [0.25, 0.3) is 0 Å². The molecule has 1 aromatic carbocycles. The lowest BCUT2D eigenvalue weighted by molar-refractivity contribution is -0.385. The van der Waals surface area contributed by atoms with E-state index in [4.69, 9.17) is 49.4 Å². The minimum absolute atomic E-state index is 0.0438. The number of aromatic carboxylic acids is 1. The predicted octanol–water partition coefficient (Wildman–Crippen LogP) is 2.98. The second-order valence-electron chi connectivity index (χ2n) is 4.46. The summed E-state index contributed by atoms with van der Waals surface area (Å²) in [5.74, 6) is -2.36. The predicted molar refractivity (Wildman–Crippen MR) is 88.0 cm³/mol. The van der Waals surface area contributed by atoms with Crippen LogP contribution in [0.5, 0.6) is 11.5 Å². The summed E-state index contributed by atoms with van der Waals surface area (Å²) in [6.07, 6.45) is -0.238. The van der Waals surface area contributed by atoms with Crippen molar-refractivity contribution in [1.29, 1.82) is 0 Å². The molecule has 0 aliphatic rings. The normalized spacial score (nSPS) is 10.9. The van der Waals surface area contributed by atoms with Gasteiger partial charge in [0.2, 0.25) is 3.79 Å². The maximum Gasteiger partial charge on any atom is 0.342 e. The van der Waals surface area contributed by atoms with Crippen LogP contribution in [0.1, 0.15) is 16.8 Å². The van der Waals surface area contributed by atoms with Crippen molar-refractivity contribution in [1.82, 2.24) is 0 Å². The minimum atomic E-state index is -1.74. The molecule has 25 heavy (non-hydrogen) atoms. The molecule has 0 heterocycles. The van der Waals surface area contributed by atoms with Gasteiger partial charge in [-0.25, -0.2) is 4.79 Å². The molecule has 0 spiro atoms. The van der Waals surface area contributed by atoms with Crippen molar-refractivity contribution in [2.45, 2.75) is 10.2 Å². The van der Waals surface area contributed by atoms with E-state index in [1.807, 2.05) is 0 Å². The largest absolute Gasteiger partial charge is 0.493 e. The van der Waals surface area contributed by atoms with Crippen molar-refractivity contribution in [2.75, 3.05) is 20.3 Å². The Labute approximate surface area is 156 Å². The molecular weight excluding hydrogens is 405 g/mol. The number of ether oxygens (including phenoxy) is 3. The molecule has 1 N–H and O–H groups in total. The lowest BCUT2D eigenvalue weighted by atomic mass is 10.1. The van der Waals surface area contributed by atoms with E-state index in [0.29, 0.717) is 0 Å². The SMILES string of the molecule is COc1cc(C(=O)O)c([N+](=O)[O-])cc1OCCC(=O)OCC(Cl)(Cl)Cl. The van der Waals surface area contributed by atoms with E-state index in [-0.39, 0.29) is 24.5 Å². The average Bonchev–Trinajstić information content (AvgIpc) is 2.51. The van der Waals surface area contributed by atoms with Crippen LogP contribution in [0.15, 0.2) is 12.1 Å². The highest BCUT2D eigenvalue weighted by Gasteiger charge is 2.25. The highest BCUT2D eigenvalue weighted by atomic mass is 35.6. The maximum absolute atomic E-state index is 11.5. The number of hydrogen-bond acceptors (Lipinski definition) is 7. The first-order valence-corrected chi connectivity index (χ1v) is 7.63. The molecule has 0 saturated heterocycles. The number of nitro groups is 1. The molecule has 0 saturated carbocycles. The number of nitrogens with zero attached hydrogens (tertiary/aromatic N) is 1. The van der Waals surface area contributed by atoms with Crippen molar-refractivity contribution in [3.63, 3.8) is 0 Å². The van der Waals surface area contributed by atoms with E-state index < -0.39 is 38.5 Å². The van der Waals surface area contributed by atoms with Gasteiger partial charge in [-0.05, 0) is 0 Å². The first-order valence-electron chi connectivity index (χ1n) is 6.50. The Morgan fingerprint density at radius 1 is 1.28 bits per heavy atom. The molecular formula is C13H12Cl3NO8. The average molecular weight is 417 g/mol. The van der Waals surface area contributed by atoms with Gasteiger partial charge in [-0.2, -0.15) is 0 Å². The lowest BCUT2D eigenvalue weighted by Gasteiger charge is -2.13. The van der Waals surface area contributed by atoms with Crippen LogP contribution in [-0.4, -0.2) is 46.1 Å². The summed E-state index contributed by atoms with van der Waals surface area (Å²) < 4.78 is 13.1. The van der Waals surface area contributed by atoms with Gasteiger partial charge in [-0.3, -0.25) is 14.9 Å². The summed E-state index contributed by atoms with van der Waals surface area (Å²) >= 11 is 16.3. The quantitative estimate of drug-likeness (QED) is 0.297. The van der Waals surface area contributed by atoms with Crippen LogP contribution in [0.2, 0.25) is 0 Å². The summed E-state index contributed by atoms with van der Waals surface area (Å²) in [6, 6.07) is 1.85. The van der Waals surface area contributed by atoms with Crippen molar-refractivity contribution < 1.29 is 33.8 Å². The molecule has 0 aromatic heterocycles. The minimum Gasteiger partial charge on any atom is -0.493 e. The summed E-state index contributed by atoms with van der Waals surface area (Å²) in [5, 5.41) is 20.0. The van der Waals surface area contributed by atoms with Crippen LogP contribution in [0, 0.1) is 10.1 Å². The van der Waals surface area contributed by atoms with Crippen molar-refractivity contribution >= 4 is 52.4 Å². The van der Waals surface area contributed by atoms with E-state index in [0.717, 1.165) is 12.1 Å². The summed E-state index contributed by atoms with van der Waals surface area (Å²) in [6.45, 7) is -0.669. The van der Waals surface area contributed by atoms with Crippen LogP contribution in [-0.2, 0) is 9.53 Å². The fourth-order valence-electron chi connectivity index (χ4n) is 1.62. The van der Waals surface area contributed by atoms with Crippen LogP contribution >= 0.6 is 34.8 Å². The number of rotatable bonds is 8. The van der Waals surface area contributed by atoms with E-state index >= 15 is 0 Å². The second-order valence-corrected chi connectivity index (χ2v) is 6.97. The molecule has 0 unspecified atom stereocenters. The van der Waals surface area contributed by atoms with Gasteiger partial charge in [0.25, 0.3) is 5.69 Å². The third-order valence-electron chi connectivity index (χ3n) is 2.67. The summed E-state index contributed by atoms with van der Waals surface area (Å²) in [5.41, 5.74) is -1.24. The zero-order valence-electron chi connectivity index (χ0n) is 12.7. The number of carbonyl (C=O) groups is 2. The molecule has 0 radical (unpaired) electrons. The topological polar surface area (TPSA) is 125 Å². The number of alkyl halides is 3. The van der Waals surface area contributed by atoms with Gasteiger partial charge in [0.1, 0.15) is 12.2 Å². The molecule has 0 bridgehead atoms. The maximum atomic E-state index is 11.5. The Morgan fingerprint density at radius 2 is 1.92 bits per heavy atom. The number of carbonyl (C=O) groups excluding carboxylic acids is 1. The van der Waals surface area contributed by atoms with Gasteiger partial charge in [0, 0.05) is 6.07 Å². The zero-order valence-corrected chi connectivity index (χ0v) is 14.9. The Balaban J connectivity index is 2.81. The van der Waals surface area contributed by atoms with Crippen LogP contribution in [0.4, 0.5) is 5.69 Å². The molecule has 138 valence electrons. The fourth-order valence-corrected chi connectivity index (χ4v) is 1.79. The number of esters is 1. The van der Waals surface area contributed by atoms with Gasteiger partial charge >= 0.3 is 11.9 Å². The molecule has 0 fully saturated rings. The molecule has 9 nitrogen and oxygen atoms in total. The van der Waals surface area contributed by atoms with Crippen LogP contribution < -0.4 is 9.47 Å². The first kappa shape index (κ1) is 21.1. The zero-order chi connectivity index (χ0) is 19.2. The molecule has 1 rings (SSSR count). The molecule has 12 heteroatoms. The lowest BCUT2D eigenvalue weighted by Crippen LogP contribution is -2.18. The molecule has 0 atom stereocenters. The second kappa shape index (κ2) is 8.93. The molecule has 1 aromatic rings. The van der Waals surface area contributed by atoms with E-state index in [9.17, 15) is 19.7 Å². The van der Waals surface area contributed by atoms with E-state index in [1.165, 1.54) is 7.11 Å². The Morgan fingerprint density at radius 3 is 2.40 bits per heavy atom. The number of benzene rings is 1. The number of hydrogen-bond donors (Lipinski definition) is 1. The third-order valence-corrected chi connectivity index (χ3v) is 3.00. The highest BCUT2D eigenvalue weighted by Crippen LogP contribution is 2.35. The Kier molecular flexibility index (Phi) is 7.53. The van der Waals surface area contributed by atoms with Gasteiger partial charge < -0.3 is 19.3 Å². The summed E-state index contributed by atoms with van der Waals surface area (Å²) in [7, 11) is 1.23. The first-order chi connectivity index (χ1) is 11.5. The molecule has 0 amide bonds. The smallest absolute Gasteiger partial charge is 0.342 e. The van der Waals surface area contributed by atoms with E-state index in [2.05, 4.69) is 4.74 Å². The van der Waals surface area contributed by atoms with Gasteiger partial charge in [-0.1, -0.05) is 34.8 Å². The number of halogens is 3. The van der Waals surface area contributed by atoms with Crippen molar-refractivity contribution in [3.05, 3.63) is 27.8 Å². The molecule has 0 aliphatic heterocycles. The number of carboxylic acids is 1. The van der Waals surface area contributed by atoms with Crippen LogP contribution in [0.3, 0.4) is 0 Å². The Hall–Kier alpha value is -1.97. The number of methoxy groups -OCH3 is 1. The van der Waals surface area contributed by atoms with Gasteiger partial charge in [0.15, 0.2) is 11.5 Å². The van der Waals surface area contributed by atoms with Crippen molar-refractivity contribution in [2.24, 2.45) is 0 Å². The van der Waals surface area contributed by atoms with Crippen molar-refractivity contribution in [3.8, 4) is 11.5 Å². The Bertz CT molecular complexity index is 674.